The van der Waals surface area contributed by atoms with Crippen LogP contribution in [0, 0.1) is 0 Å². The van der Waals surface area contributed by atoms with Crippen LogP contribution in [0.15, 0.2) is 24.5 Å². The Labute approximate surface area is 102 Å². The summed E-state index contributed by atoms with van der Waals surface area (Å²) in [6.07, 6.45) is 6.04. The molecule has 2 N–H and O–H groups in total. The Bertz CT molecular complexity index is 341. The number of rotatable bonds is 7. The van der Waals surface area contributed by atoms with E-state index in [0.717, 1.165) is 18.4 Å². The lowest BCUT2D eigenvalue weighted by Crippen LogP contribution is -2.38. The molecule has 0 saturated carbocycles. The highest BCUT2D eigenvalue weighted by molar-refractivity contribution is 5.73. The fourth-order valence-electron chi connectivity index (χ4n) is 1.74. The fourth-order valence-corrected chi connectivity index (χ4v) is 1.74. The highest BCUT2D eigenvalue weighted by atomic mass is 16.4. The summed E-state index contributed by atoms with van der Waals surface area (Å²) < 4.78 is 0. The van der Waals surface area contributed by atoms with Crippen LogP contribution in [-0.4, -0.2) is 22.1 Å². The third-order valence-corrected chi connectivity index (χ3v) is 2.80. The summed E-state index contributed by atoms with van der Waals surface area (Å²) in [6.45, 7) is 4.03. The van der Waals surface area contributed by atoms with Crippen molar-refractivity contribution in [2.75, 3.05) is 0 Å². The van der Waals surface area contributed by atoms with E-state index in [9.17, 15) is 4.79 Å². The lowest BCUT2D eigenvalue weighted by molar-refractivity contribution is -0.139. The van der Waals surface area contributed by atoms with E-state index in [1.54, 1.807) is 12.4 Å². The van der Waals surface area contributed by atoms with Crippen LogP contribution in [0.5, 0.6) is 0 Å². The molecule has 1 aromatic rings. The third-order valence-electron chi connectivity index (χ3n) is 2.80. The molecular formula is C13H20N2O2. The predicted octanol–water partition coefficient (Wildman–Crippen LogP) is 2.38. The topological polar surface area (TPSA) is 62.2 Å². The number of aliphatic carboxylic acids is 1. The normalized spacial score (nSPS) is 14.2. The van der Waals surface area contributed by atoms with E-state index >= 15 is 0 Å². The highest BCUT2D eigenvalue weighted by Crippen LogP contribution is 2.13. The van der Waals surface area contributed by atoms with Gasteiger partial charge in [-0.1, -0.05) is 19.8 Å². The molecule has 0 radical (unpaired) electrons. The van der Waals surface area contributed by atoms with E-state index in [-0.39, 0.29) is 6.04 Å². The van der Waals surface area contributed by atoms with Crippen LogP contribution in [0.4, 0.5) is 0 Å². The fraction of sp³-hybridized carbons (Fsp3) is 0.538. The van der Waals surface area contributed by atoms with Crippen molar-refractivity contribution < 1.29 is 9.90 Å². The van der Waals surface area contributed by atoms with Gasteiger partial charge in [0.25, 0.3) is 0 Å². The van der Waals surface area contributed by atoms with Gasteiger partial charge >= 0.3 is 5.97 Å². The number of pyridine rings is 1. The largest absolute Gasteiger partial charge is 0.480 e. The predicted molar refractivity (Wildman–Crippen MR) is 66.7 cm³/mol. The molecule has 0 bridgehead atoms. The Morgan fingerprint density at radius 2 is 2.12 bits per heavy atom. The first-order valence-corrected chi connectivity index (χ1v) is 6.04. The molecule has 0 aliphatic heterocycles. The van der Waals surface area contributed by atoms with E-state index < -0.39 is 12.0 Å². The van der Waals surface area contributed by atoms with Crippen LogP contribution in [0.25, 0.3) is 0 Å². The molecule has 0 amide bonds. The van der Waals surface area contributed by atoms with Crippen LogP contribution < -0.4 is 5.32 Å². The average Bonchev–Trinajstić information content (AvgIpc) is 2.35. The number of carboxylic acid groups (broad SMARTS) is 1. The Morgan fingerprint density at radius 3 is 2.65 bits per heavy atom. The average molecular weight is 236 g/mol. The summed E-state index contributed by atoms with van der Waals surface area (Å²) in [5.41, 5.74) is 1.06. The highest BCUT2D eigenvalue weighted by Gasteiger charge is 2.19. The molecule has 0 fully saturated rings. The second-order valence-electron chi connectivity index (χ2n) is 4.20. The maximum atomic E-state index is 11.1. The molecule has 94 valence electrons. The van der Waals surface area contributed by atoms with Gasteiger partial charge in [-0.3, -0.25) is 15.1 Å². The lowest BCUT2D eigenvalue weighted by atomic mass is 10.1. The Morgan fingerprint density at radius 1 is 1.47 bits per heavy atom. The van der Waals surface area contributed by atoms with Gasteiger partial charge in [0.15, 0.2) is 0 Å². The molecule has 17 heavy (non-hydrogen) atoms. The molecule has 2 unspecified atom stereocenters. The standard InChI is InChI=1S/C13H20N2O2/c1-3-4-5-12(13(16)17)15-10(2)11-6-8-14-9-7-11/h6-10,12,15H,3-5H2,1-2H3,(H,16,17). The summed E-state index contributed by atoms with van der Waals surface area (Å²) in [6, 6.07) is 3.35. The van der Waals surface area contributed by atoms with Gasteiger partial charge in [-0.15, -0.1) is 0 Å². The minimum absolute atomic E-state index is 0.0240. The minimum Gasteiger partial charge on any atom is -0.480 e. The van der Waals surface area contributed by atoms with Crippen LogP contribution in [-0.2, 0) is 4.79 Å². The third kappa shape index (κ3) is 4.53. The molecule has 4 heteroatoms. The molecule has 1 rings (SSSR count). The zero-order valence-electron chi connectivity index (χ0n) is 10.4. The van der Waals surface area contributed by atoms with Crippen LogP contribution in [0.3, 0.4) is 0 Å². The summed E-state index contributed by atoms with van der Waals surface area (Å²) in [4.78, 5) is 15.0. The van der Waals surface area contributed by atoms with Crippen LogP contribution in [0.2, 0.25) is 0 Å². The second kappa shape index (κ2) is 7.01. The van der Waals surface area contributed by atoms with Crippen LogP contribution in [0.1, 0.15) is 44.7 Å². The first kappa shape index (κ1) is 13.6. The number of nitrogens with zero attached hydrogens (tertiary/aromatic N) is 1. The molecule has 0 aliphatic carbocycles. The zero-order valence-corrected chi connectivity index (χ0v) is 10.4. The first-order valence-electron chi connectivity index (χ1n) is 6.04. The molecule has 1 aromatic heterocycles. The van der Waals surface area contributed by atoms with Crippen molar-refractivity contribution in [1.82, 2.24) is 10.3 Å². The SMILES string of the molecule is CCCCC(NC(C)c1ccncc1)C(=O)O. The maximum Gasteiger partial charge on any atom is 0.320 e. The van der Waals surface area contributed by atoms with E-state index in [2.05, 4.69) is 17.2 Å². The van der Waals surface area contributed by atoms with Gasteiger partial charge in [-0.2, -0.15) is 0 Å². The summed E-state index contributed by atoms with van der Waals surface area (Å²) in [7, 11) is 0. The number of carboxylic acids is 1. The van der Waals surface area contributed by atoms with Crippen LogP contribution >= 0.6 is 0 Å². The molecule has 1 heterocycles. The molecule has 0 aromatic carbocycles. The molecule has 2 atom stereocenters. The molecule has 0 saturated heterocycles. The first-order chi connectivity index (χ1) is 8.15. The lowest BCUT2D eigenvalue weighted by Gasteiger charge is -2.20. The minimum atomic E-state index is -0.778. The number of hydrogen-bond acceptors (Lipinski definition) is 3. The van der Waals surface area contributed by atoms with E-state index in [1.807, 2.05) is 19.1 Å². The van der Waals surface area contributed by atoms with Crippen molar-refractivity contribution in [3.05, 3.63) is 30.1 Å². The number of aromatic nitrogens is 1. The maximum absolute atomic E-state index is 11.1. The second-order valence-corrected chi connectivity index (χ2v) is 4.20. The summed E-state index contributed by atoms with van der Waals surface area (Å²) in [5, 5.41) is 12.3. The van der Waals surface area contributed by atoms with Crippen molar-refractivity contribution in [2.24, 2.45) is 0 Å². The molecular weight excluding hydrogens is 216 g/mol. The number of unbranched alkanes of at least 4 members (excludes halogenated alkanes) is 1. The molecule has 4 nitrogen and oxygen atoms in total. The Kier molecular flexibility index (Phi) is 5.63. The van der Waals surface area contributed by atoms with Gasteiger partial charge in [0.05, 0.1) is 0 Å². The van der Waals surface area contributed by atoms with Crippen molar-refractivity contribution in [1.29, 1.82) is 0 Å². The van der Waals surface area contributed by atoms with Gasteiger partial charge in [0, 0.05) is 18.4 Å². The van der Waals surface area contributed by atoms with Crippen molar-refractivity contribution in [3.63, 3.8) is 0 Å². The number of hydrogen-bond donors (Lipinski definition) is 2. The van der Waals surface area contributed by atoms with E-state index in [4.69, 9.17) is 5.11 Å². The Hall–Kier alpha value is -1.42. The smallest absolute Gasteiger partial charge is 0.320 e. The van der Waals surface area contributed by atoms with Gasteiger partial charge in [-0.05, 0) is 31.0 Å². The van der Waals surface area contributed by atoms with Gasteiger partial charge in [0.2, 0.25) is 0 Å². The monoisotopic (exact) mass is 236 g/mol. The zero-order chi connectivity index (χ0) is 12.7. The summed E-state index contributed by atoms with van der Waals surface area (Å²) >= 11 is 0. The number of carbonyl (C=O) groups is 1. The molecule has 0 aliphatic rings. The van der Waals surface area contributed by atoms with E-state index in [1.165, 1.54) is 0 Å². The van der Waals surface area contributed by atoms with Gasteiger partial charge in [-0.25, -0.2) is 0 Å². The number of nitrogens with one attached hydrogen (secondary N) is 1. The quantitative estimate of drug-likeness (QED) is 0.763. The van der Waals surface area contributed by atoms with Gasteiger partial charge in [0.1, 0.15) is 6.04 Å². The Balaban J connectivity index is 2.58. The van der Waals surface area contributed by atoms with Crippen molar-refractivity contribution in [3.8, 4) is 0 Å². The van der Waals surface area contributed by atoms with E-state index in [0.29, 0.717) is 6.42 Å². The van der Waals surface area contributed by atoms with Crippen molar-refractivity contribution >= 4 is 5.97 Å². The molecule has 0 spiro atoms. The summed E-state index contributed by atoms with van der Waals surface area (Å²) in [5.74, 6) is -0.778. The van der Waals surface area contributed by atoms with Gasteiger partial charge < -0.3 is 5.11 Å². The van der Waals surface area contributed by atoms with Crippen molar-refractivity contribution in [2.45, 2.75) is 45.2 Å².